The van der Waals surface area contributed by atoms with Crippen LogP contribution in [0.1, 0.15) is 12.5 Å². The van der Waals surface area contributed by atoms with E-state index in [2.05, 4.69) is 15.9 Å². The summed E-state index contributed by atoms with van der Waals surface area (Å²) in [6.07, 6.45) is 0.118. The van der Waals surface area contributed by atoms with Crippen LogP contribution in [0.15, 0.2) is 28.7 Å². The van der Waals surface area contributed by atoms with Crippen LogP contribution >= 0.6 is 15.9 Å². The molecule has 1 aromatic carbocycles. The highest BCUT2D eigenvalue weighted by Gasteiger charge is 2.01. The van der Waals surface area contributed by atoms with Crippen molar-refractivity contribution in [3.63, 3.8) is 0 Å². The van der Waals surface area contributed by atoms with Crippen molar-refractivity contribution in [2.45, 2.75) is 19.6 Å². The van der Waals surface area contributed by atoms with Gasteiger partial charge in [-0.2, -0.15) is 0 Å². The molecule has 0 aliphatic carbocycles. The molecule has 1 unspecified atom stereocenters. The molecule has 2 nitrogen and oxygen atoms in total. The van der Waals surface area contributed by atoms with Crippen molar-refractivity contribution in [3.05, 3.63) is 34.3 Å². The molecule has 3 heteroatoms. The summed E-state index contributed by atoms with van der Waals surface area (Å²) in [6, 6.07) is 8.02. The van der Waals surface area contributed by atoms with Gasteiger partial charge in [0.25, 0.3) is 0 Å². The van der Waals surface area contributed by atoms with Crippen molar-refractivity contribution >= 4 is 15.9 Å². The number of benzene rings is 1. The number of hydrogen-bond acceptors (Lipinski definition) is 2. The number of ether oxygens (including phenoxy) is 1. The minimum atomic E-state index is 0.118. The number of nitrogens with two attached hydrogens (primary N) is 1. The first-order chi connectivity index (χ1) is 6.24. The fourth-order valence-electron chi connectivity index (χ4n) is 0.916. The Morgan fingerprint density at radius 1 is 1.46 bits per heavy atom. The third kappa shape index (κ3) is 3.46. The molecule has 0 radical (unpaired) electrons. The van der Waals surface area contributed by atoms with E-state index < -0.39 is 0 Å². The first-order valence-corrected chi connectivity index (χ1v) is 5.08. The maximum absolute atomic E-state index is 5.50. The summed E-state index contributed by atoms with van der Waals surface area (Å²) in [7, 11) is 0. The summed E-state index contributed by atoms with van der Waals surface area (Å²) in [6.45, 7) is 3.14. The van der Waals surface area contributed by atoms with E-state index in [1.807, 2.05) is 31.2 Å². The van der Waals surface area contributed by atoms with Crippen LogP contribution in [-0.2, 0) is 11.3 Å². The standard InChI is InChI=1S/C10H14BrNO/c1-8(6-12)13-7-9-4-2-3-5-10(9)11/h2-5,8H,6-7,12H2,1H3. The Balaban J connectivity index is 2.50. The second kappa shape index (κ2) is 5.37. The normalized spacial score (nSPS) is 12.8. The van der Waals surface area contributed by atoms with Gasteiger partial charge in [0.2, 0.25) is 0 Å². The molecule has 1 atom stereocenters. The zero-order valence-corrected chi connectivity index (χ0v) is 9.25. The molecule has 0 bridgehead atoms. The van der Waals surface area contributed by atoms with Crippen LogP contribution < -0.4 is 5.73 Å². The first-order valence-electron chi connectivity index (χ1n) is 4.29. The molecule has 0 heterocycles. The van der Waals surface area contributed by atoms with Crippen LogP contribution in [0.25, 0.3) is 0 Å². The van der Waals surface area contributed by atoms with Crippen molar-refractivity contribution in [2.24, 2.45) is 5.73 Å². The van der Waals surface area contributed by atoms with Crippen molar-refractivity contribution in [1.82, 2.24) is 0 Å². The van der Waals surface area contributed by atoms with Gasteiger partial charge in [-0.15, -0.1) is 0 Å². The lowest BCUT2D eigenvalue weighted by atomic mass is 10.2. The zero-order chi connectivity index (χ0) is 9.68. The number of halogens is 1. The van der Waals surface area contributed by atoms with Gasteiger partial charge in [-0.1, -0.05) is 34.1 Å². The first kappa shape index (κ1) is 10.7. The maximum Gasteiger partial charge on any atom is 0.0732 e. The average molecular weight is 244 g/mol. The van der Waals surface area contributed by atoms with Gasteiger partial charge in [0.15, 0.2) is 0 Å². The smallest absolute Gasteiger partial charge is 0.0732 e. The molecular formula is C10H14BrNO. The molecule has 0 spiro atoms. The van der Waals surface area contributed by atoms with Crippen molar-refractivity contribution in [2.75, 3.05) is 6.54 Å². The van der Waals surface area contributed by atoms with E-state index in [0.29, 0.717) is 13.2 Å². The largest absolute Gasteiger partial charge is 0.372 e. The molecule has 13 heavy (non-hydrogen) atoms. The van der Waals surface area contributed by atoms with E-state index >= 15 is 0 Å². The highest BCUT2D eigenvalue weighted by Crippen LogP contribution is 2.16. The van der Waals surface area contributed by atoms with Crippen LogP contribution in [0.5, 0.6) is 0 Å². The zero-order valence-electron chi connectivity index (χ0n) is 7.66. The number of rotatable bonds is 4. The third-order valence-corrected chi connectivity index (χ3v) is 2.59. The monoisotopic (exact) mass is 243 g/mol. The van der Waals surface area contributed by atoms with Crippen LogP contribution in [0.3, 0.4) is 0 Å². The van der Waals surface area contributed by atoms with Gasteiger partial charge in [-0.25, -0.2) is 0 Å². The molecule has 0 fully saturated rings. The molecule has 0 aliphatic heterocycles. The van der Waals surface area contributed by atoms with Gasteiger partial charge < -0.3 is 10.5 Å². The van der Waals surface area contributed by atoms with Gasteiger partial charge in [0.05, 0.1) is 12.7 Å². The molecule has 1 aromatic rings. The van der Waals surface area contributed by atoms with Gasteiger partial charge in [0, 0.05) is 11.0 Å². The van der Waals surface area contributed by atoms with Gasteiger partial charge in [0.1, 0.15) is 0 Å². The summed E-state index contributed by atoms with van der Waals surface area (Å²) in [4.78, 5) is 0. The Morgan fingerprint density at radius 3 is 2.77 bits per heavy atom. The Bertz CT molecular complexity index is 265. The molecule has 0 saturated heterocycles. The molecule has 0 saturated carbocycles. The van der Waals surface area contributed by atoms with E-state index in [1.165, 1.54) is 0 Å². The van der Waals surface area contributed by atoms with E-state index in [4.69, 9.17) is 10.5 Å². The Kier molecular flexibility index (Phi) is 4.42. The minimum absolute atomic E-state index is 0.118. The Hall–Kier alpha value is -0.380. The lowest BCUT2D eigenvalue weighted by Crippen LogP contribution is -2.19. The summed E-state index contributed by atoms with van der Waals surface area (Å²) in [5.74, 6) is 0. The quantitative estimate of drug-likeness (QED) is 0.882. The fraction of sp³-hybridized carbons (Fsp3) is 0.400. The highest BCUT2D eigenvalue weighted by atomic mass is 79.9. The summed E-state index contributed by atoms with van der Waals surface area (Å²) in [5.41, 5.74) is 6.59. The molecule has 2 N–H and O–H groups in total. The molecular weight excluding hydrogens is 230 g/mol. The molecule has 0 aliphatic rings. The molecule has 0 aromatic heterocycles. The summed E-state index contributed by atoms with van der Waals surface area (Å²) in [5, 5.41) is 0. The van der Waals surface area contributed by atoms with Gasteiger partial charge >= 0.3 is 0 Å². The predicted octanol–water partition coefficient (Wildman–Crippen LogP) is 2.31. The van der Waals surface area contributed by atoms with Crippen LogP contribution in [0.4, 0.5) is 0 Å². The number of hydrogen-bond donors (Lipinski definition) is 1. The lowest BCUT2D eigenvalue weighted by molar-refractivity contribution is 0.0586. The molecule has 0 amide bonds. The molecule has 72 valence electrons. The van der Waals surface area contributed by atoms with E-state index in [1.54, 1.807) is 0 Å². The van der Waals surface area contributed by atoms with Crippen LogP contribution in [0.2, 0.25) is 0 Å². The Labute approximate surface area is 87.2 Å². The second-order valence-electron chi connectivity index (χ2n) is 2.95. The highest BCUT2D eigenvalue weighted by molar-refractivity contribution is 9.10. The topological polar surface area (TPSA) is 35.2 Å². The maximum atomic E-state index is 5.50. The average Bonchev–Trinajstić information content (AvgIpc) is 2.16. The molecule has 1 rings (SSSR count). The third-order valence-electron chi connectivity index (χ3n) is 1.81. The van der Waals surface area contributed by atoms with E-state index in [0.717, 1.165) is 10.0 Å². The van der Waals surface area contributed by atoms with E-state index in [-0.39, 0.29) is 6.10 Å². The van der Waals surface area contributed by atoms with Gasteiger partial charge in [-0.3, -0.25) is 0 Å². The van der Waals surface area contributed by atoms with Crippen molar-refractivity contribution in [3.8, 4) is 0 Å². The summed E-state index contributed by atoms with van der Waals surface area (Å²) >= 11 is 3.46. The van der Waals surface area contributed by atoms with Crippen LogP contribution in [-0.4, -0.2) is 12.6 Å². The predicted molar refractivity (Wildman–Crippen MR) is 57.4 cm³/mol. The second-order valence-corrected chi connectivity index (χ2v) is 3.80. The van der Waals surface area contributed by atoms with E-state index in [9.17, 15) is 0 Å². The fourth-order valence-corrected chi connectivity index (χ4v) is 1.31. The Morgan fingerprint density at radius 2 is 2.15 bits per heavy atom. The van der Waals surface area contributed by atoms with Crippen molar-refractivity contribution in [1.29, 1.82) is 0 Å². The summed E-state index contributed by atoms with van der Waals surface area (Å²) < 4.78 is 6.59. The van der Waals surface area contributed by atoms with Gasteiger partial charge in [-0.05, 0) is 18.6 Å². The van der Waals surface area contributed by atoms with Crippen molar-refractivity contribution < 1.29 is 4.74 Å². The minimum Gasteiger partial charge on any atom is -0.372 e. The SMILES string of the molecule is CC(CN)OCc1ccccc1Br. The lowest BCUT2D eigenvalue weighted by Gasteiger charge is -2.11. The van der Waals surface area contributed by atoms with Crippen LogP contribution in [0, 0.1) is 0 Å².